The number of carboxylic acid groups (broad SMARTS) is 1. The van der Waals surface area contributed by atoms with Crippen LogP contribution in [0.15, 0.2) is 24.3 Å². The van der Waals surface area contributed by atoms with Gasteiger partial charge in [0.25, 0.3) is 0 Å². The van der Waals surface area contributed by atoms with Crippen LogP contribution in [0.4, 0.5) is 0 Å². The molecule has 0 unspecified atom stereocenters. The second-order valence-electron chi connectivity index (χ2n) is 4.32. The summed E-state index contributed by atoms with van der Waals surface area (Å²) in [4.78, 5) is 10.9. The summed E-state index contributed by atoms with van der Waals surface area (Å²) in [5.41, 5.74) is 0.402. The molecule has 0 saturated carbocycles. The zero-order chi connectivity index (χ0) is 11.5. The zero-order valence-electron chi connectivity index (χ0n) is 8.96. The molecule has 0 saturated heterocycles. The second kappa shape index (κ2) is 4.67. The van der Waals surface area contributed by atoms with Crippen molar-refractivity contribution in [3.05, 3.63) is 34.9 Å². The molecule has 82 valence electrons. The summed E-state index contributed by atoms with van der Waals surface area (Å²) in [6.07, 6.45) is 1.35. The van der Waals surface area contributed by atoms with Gasteiger partial charge in [0.15, 0.2) is 0 Å². The van der Waals surface area contributed by atoms with Gasteiger partial charge in [-0.2, -0.15) is 0 Å². The molecule has 1 aromatic rings. The minimum absolute atomic E-state index is 0.614. The van der Waals surface area contributed by atoms with Gasteiger partial charge in [0.2, 0.25) is 0 Å². The van der Waals surface area contributed by atoms with E-state index in [4.69, 9.17) is 16.7 Å². The topological polar surface area (TPSA) is 37.3 Å². The molecule has 1 N–H and O–H groups in total. The van der Waals surface area contributed by atoms with Crippen molar-refractivity contribution in [2.75, 3.05) is 0 Å². The first-order chi connectivity index (χ1) is 6.92. The Labute approximate surface area is 94.9 Å². The molecule has 1 aromatic carbocycles. The summed E-state index contributed by atoms with van der Waals surface area (Å²) in [5.74, 6) is -0.760. The van der Waals surface area contributed by atoms with Crippen LogP contribution < -0.4 is 0 Å². The Morgan fingerprint density at radius 3 is 2.67 bits per heavy atom. The van der Waals surface area contributed by atoms with Gasteiger partial charge in [-0.1, -0.05) is 23.7 Å². The highest BCUT2D eigenvalue weighted by Gasteiger charge is 2.26. The van der Waals surface area contributed by atoms with Gasteiger partial charge in [-0.25, -0.2) is 0 Å². The predicted molar refractivity (Wildman–Crippen MR) is 61.2 cm³/mol. The number of carbonyl (C=O) groups is 1. The Morgan fingerprint density at radius 2 is 2.13 bits per heavy atom. The summed E-state index contributed by atoms with van der Waals surface area (Å²) in [6, 6.07) is 7.53. The molecule has 0 aliphatic heterocycles. The predicted octanol–water partition coefficient (Wildman–Crippen LogP) is 3.38. The van der Waals surface area contributed by atoms with Gasteiger partial charge in [0.05, 0.1) is 5.41 Å². The largest absolute Gasteiger partial charge is 0.481 e. The Hall–Kier alpha value is -1.02. The highest BCUT2D eigenvalue weighted by molar-refractivity contribution is 6.30. The lowest BCUT2D eigenvalue weighted by Crippen LogP contribution is -2.24. The van der Waals surface area contributed by atoms with Crippen LogP contribution in [-0.4, -0.2) is 11.1 Å². The second-order valence-corrected chi connectivity index (χ2v) is 4.76. The summed E-state index contributed by atoms with van der Waals surface area (Å²) < 4.78 is 0. The Bertz CT molecular complexity index is 358. The smallest absolute Gasteiger partial charge is 0.309 e. The van der Waals surface area contributed by atoms with E-state index >= 15 is 0 Å². The highest BCUT2D eigenvalue weighted by Crippen LogP contribution is 2.23. The van der Waals surface area contributed by atoms with Crippen LogP contribution >= 0.6 is 11.6 Å². The molecule has 0 bridgehead atoms. The average Bonchev–Trinajstić information content (AvgIpc) is 2.15. The summed E-state index contributed by atoms with van der Waals surface area (Å²) >= 11 is 5.84. The summed E-state index contributed by atoms with van der Waals surface area (Å²) in [6.45, 7) is 3.47. The lowest BCUT2D eigenvalue weighted by Gasteiger charge is -2.18. The van der Waals surface area contributed by atoms with Crippen molar-refractivity contribution in [3.63, 3.8) is 0 Å². The molecule has 0 fully saturated rings. The fourth-order valence-corrected chi connectivity index (χ4v) is 1.47. The molecule has 0 spiro atoms. The maximum absolute atomic E-state index is 10.9. The fourth-order valence-electron chi connectivity index (χ4n) is 1.26. The van der Waals surface area contributed by atoms with E-state index in [0.717, 1.165) is 12.0 Å². The van der Waals surface area contributed by atoms with Crippen LogP contribution in [0, 0.1) is 5.41 Å². The number of rotatable bonds is 4. The van der Waals surface area contributed by atoms with E-state index in [2.05, 4.69) is 0 Å². The molecule has 0 amide bonds. The van der Waals surface area contributed by atoms with Crippen molar-refractivity contribution in [1.29, 1.82) is 0 Å². The average molecular weight is 227 g/mol. The van der Waals surface area contributed by atoms with Crippen molar-refractivity contribution < 1.29 is 9.90 Å². The van der Waals surface area contributed by atoms with Gasteiger partial charge in [-0.15, -0.1) is 0 Å². The molecular weight excluding hydrogens is 212 g/mol. The molecule has 0 aliphatic carbocycles. The number of hydrogen-bond acceptors (Lipinski definition) is 1. The number of carboxylic acids is 1. The third-order valence-corrected chi connectivity index (χ3v) is 2.74. The number of aliphatic carboxylic acids is 1. The minimum atomic E-state index is -0.760. The standard InChI is InChI=1S/C12H15ClO2/c1-12(2,11(14)15)7-6-9-4-3-5-10(13)8-9/h3-5,8H,6-7H2,1-2H3,(H,14,15). The maximum Gasteiger partial charge on any atom is 0.309 e. The van der Waals surface area contributed by atoms with Gasteiger partial charge >= 0.3 is 5.97 Å². The Morgan fingerprint density at radius 1 is 1.47 bits per heavy atom. The number of aryl methyl sites for hydroxylation is 1. The van der Waals surface area contributed by atoms with E-state index in [0.29, 0.717) is 11.4 Å². The summed E-state index contributed by atoms with van der Waals surface area (Å²) in [7, 11) is 0. The Kier molecular flexibility index (Phi) is 3.75. The van der Waals surface area contributed by atoms with E-state index in [9.17, 15) is 4.79 Å². The Balaban J connectivity index is 2.61. The van der Waals surface area contributed by atoms with Crippen molar-refractivity contribution in [3.8, 4) is 0 Å². The van der Waals surface area contributed by atoms with Gasteiger partial charge < -0.3 is 5.11 Å². The number of halogens is 1. The first kappa shape index (κ1) is 12.1. The van der Waals surface area contributed by atoms with Crippen LogP contribution in [0.25, 0.3) is 0 Å². The normalized spacial score (nSPS) is 11.4. The maximum atomic E-state index is 10.9. The molecular formula is C12H15ClO2. The van der Waals surface area contributed by atoms with E-state index in [1.54, 1.807) is 13.8 Å². The van der Waals surface area contributed by atoms with Crippen molar-refractivity contribution in [2.24, 2.45) is 5.41 Å². The number of hydrogen-bond donors (Lipinski definition) is 1. The van der Waals surface area contributed by atoms with Crippen LogP contribution in [-0.2, 0) is 11.2 Å². The minimum Gasteiger partial charge on any atom is -0.481 e. The lowest BCUT2D eigenvalue weighted by atomic mass is 9.86. The van der Waals surface area contributed by atoms with Crippen molar-refractivity contribution in [1.82, 2.24) is 0 Å². The summed E-state index contributed by atoms with van der Waals surface area (Å²) in [5, 5.41) is 9.64. The van der Waals surface area contributed by atoms with Crippen LogP contribution in [0.1, 0.15) is 25.8 Å². The molecule has 0 heterocycles. The number of benzene rings is 1. The van der Waals surface area contributed by atoms with Gasteiger partial charge in [-0.3, -0.25) is 4.79 Å². The molecule has 1 rings (SSSR count). The van der Waals surface area contributed by atoms with Crippen LogP contribution in [0.5, 0.6) is 0 Å². The van der Waals surface area contributed by atoms with Gasteiger partial charge in [-0.05, 0) is 44.4 Å². The van der Waals surface area contributed by atoms with E-state index < -0.39 is 11.4 Å². The van der Waals surface area contributed by atoms with E-state index in [1.807, 2.05) is 24.3 Å². The molecule has 0 aliphatic rings. The highest BCUT2D eigenvalue weighted by atomic mass is 35.5. The van der Waals surface area contributed by atoms with E-state index in [-0.39, 0.29) is 0 Å². The molecule has 0 radical (unpaired) electrons. The van der Waals surface area contributed by atoms with Crippen molar-refractivity contribution in [2.45, 2.75) is 26.7 Å². The van der Waals surface area contributed by atoms with Gasteiger partial charge in [0, 0.05) is 5.02 Å². The van der Waals surface area contributed by atoms with E-state index in [1.165, 1.54) is 0 Å². The molecule has 15 heavy (non-hydrogen) atoms. The first-order valence-corrected chi connectivity index (χ1v) is 5.27. The SMILES string of the molecule is CC(C)(CCc1cccc(Cl)c1)C(=O)O. The van der Waals surface area contributed by atoms with Gasteiger partial charge in [0.1, 0.15) is 0 Å². The van der Waals surface area contributed by atoms with Crippen LogP contribution in [0.2, 0.25) is 5.02 Å². The molecule has 2 nitrogen and oxygen atoms in total. The molecule has 0 atom stereocenters. The zero-order valence-corrected chi connectivity index (χ0v) is 9.71. The third-order valence-electron chi connectivity index (χ3n) is 2.51. The molecule has 3 heteroatoms. The molecule has 0 aromatic heterocycles. The third kappa shape index (κ3) is 3.56. The first-order valence-electron chi connectivity index (χ1n) is 4.90. The fraction of sp³-hybridized carbons (Fsp3) is 0.417. The quantitative estimate of drug-likeness (QED) is 0.855. The van der Waals surface area contributed by atoms with Crippen molar-refractivity contribution >= 4 is 17.6 Å². The lowest BCUT2D eigenvalue weighted by molar-refractivity contribution is -0.147. The monoisotopic (exact) mass is 226 g/mol. The van der Waals surface area contributed by atoms with Crippen LogP contribution in [0.3, 0.4) is 0 Å².